The van der Waals surface area contributed by atoms with Crippen LogP contribution in [0.15, 0.2) is 47.1 Å². The molecule has 29 heavy (non-hydrogen) atoms. The molecule has 0 aliphatic carbocycles. The second-order valence-corrected chi connectivity index (χ2v) is 6.61. The number of aromatic nitrogens is 3. The van der Waals surface area contributed by atoms with Gasteiger partial charge < -0.3 is 20.4 Å². The third-order valence-electron chi connectivity index (χ3n) is 4.56. The zero-order valence-corrected chi connectivity index (χ0v) is 15.6. The molecule has 2 aromatic heterocycles. The standard InChI is InChI=1S/C19H20FN7O2/c20-13-3-5-14(6-4-13)22-19-24-16(23-18(21)25-19)12-26-7-9-27(10-8-26)17(28)15-2-1-11-29-15/h1-6,11H,7-10,12H2,(H3,21,22,23,24,25). The van der Waals surface area contributed by atoms with Crippen molar-refractivity contribution in [1.82, 2.24) is 24.8 Å². The minimum atomic E-state index is -0.323. The maximum Gasteiger partial charge on any atom is 0.289 e. The minimum Gasteiger partial charge on any atom is -0.459 e. The monoisotopic (exact) mass is 397 g/mol. The van der Waals surface area contributed by atoms with Crippen LogP contribution in [-0.2, 0) is 6.54 Å². The number of nitrogens with one attached hydrogen (secondary N) is 1. The van der Waals surface area contributed by atoms with Crippen LogP contribution in [0.5, 0.6) is 0 Å². The number of nitrogen functional groups attached to an aromatic ring is 1. The summed E-state index contributed by atoms with van der Waals surface area (Å²) in [6.07, 6.45) is 1.49. The predicted octanol–water partition coefficient (Wildman–Crippen LogP) is 1.89. The van der Waals surface area contributed by atoms with E-state index in [0.29, 0.717) is 55.9 Å². The number of carbonyl (C=O) groups excluding carboxylic acids is 1. The van der Waals surface area contributed by atoms with Crippen LogP contribution in [0.2, 0.25) is 0 Å². The van der Waals surface area contributed by atoms with Gasteiger partial charge in [0.2, 0.25) is 11.9 Å². The van der Waals surface area contributed by atoms with E-state index in [0.717, 1.165) is 0 Å². The molecule has 0 radical (unpaired) electrons. The molecule has 0 spiro atoms. The first kappa shape index (κ1) is 18.8. The van der Waals surface area contributed by atoms with Crippen molar-refractivity contribution in [3.05, 3.63) is 60.1 Å². The number of benzene rings is 1. The summed E-state index contributed by atoms with van der Waals surface area (Å²) in [4.78, 5) is 28.9. The number of nitrogens with two attached hydrogens (primary N) is 1. The van der Waals surface area contributed by atoms with Gasteiger partial charge in [-0.15, -0.1) is 0 Å². The summed E-state index contributed by atoms with van der Waals surface area (Å²) in [5.41, 5.74) is 6.46. The number of anilines is 3. The Bertz CT molecular complexity index is 971. The second-order valence-electron chi connectivity index (χ2n) is 6.61. The maximum atomic E-state index is 13.0. The third-order valence-corrected chi connectivity index (χ3v) is 4.56. The van der Waals surface area contributed by atoms with Gasteiger partial charge >= 0.3 is 0 Å². The summed E-state index contributed by atoms with van der Waals surface area (Å²) in [7, 11) is 0. The SMILES string of the molecule is Nc1nc(CN2CCN(C(=O)c3ccco3)CC2)nc(Nc2ccc(F)cc2)n1. The molecule has 1 aliphatic rings. The van der Waals surface area contributed by atoms with E-state index >= 15 is 0 Å². The summed E-state index contributed by atoms with van der Waals surface area (Å²) in [5, 5.41) is 3.00. The predicted molar refractivity (Wildman–Crippen MR) is 104 cm³/mol. The van der Waals surface area contributed by atoms with Gasteiger partial charge in [-0.1, -0.05) is 0 Å². The molecule has 4 rings (SSSR count). The fourth-order valence-corrected chi connectivity index (χ4v) is 3.09. The number of halogens is 1. The van der Waals surface area contributed by atoms with E-state index in [-0.39, 0.29) is 17.7 Å². The number of furan rings is 1. The van der Waals surface area contributed by atoms with Crippen molar-refractivity contribution in [1.29, 1.82) is 0 Å². The van der Waals surface area contributed by atoms with E-state index in [1.165, 1.54) is 18.4 Å². The lowest BCUT2D eigenvalue weighted by molar-refractivity contribution is 0.0595. The second kappa shape index (κ2) is 8.23. The van der Waals surface area contributed by atoms with Crippen molar-refractivity contribution in [2.45, 2.75) is 6.54 Å². The van der Waals surface area contributed by atoms with Crippen molar-refractivity contribution in [3.63, 3.8) is 0 Å². The molecule has 9 nitrogen and oxygen atoms in total. The van der Waals surface area contributed by atoms with Gasteiger partial charge in [0.05, 0.1) is 12.8 Å². The van der Waals surface area contributed by atoms with Crippen molar-refractivity contribution < 1.29 is 13.6 Å². The maximum absolute atomic E-state index is 13.0. The average Bonchev–Trinajstić information content (AvgIpc) is 3.24. The summed E-state index contributed by atoms with van der Waals surface area (Å²) in [6.45, 7) is 3.01. The average molecular weight is 397 g/mol. The lowest BCUT2D eigenvalue weighted by Gasteiger charge is -2.33. The largest absolute Gasteiger partial charge is 0.459 e. The smallest absolute Gasteiger partial charge is 0.289 e. The van der Waals surface area contributed by atoms with Gasteiger partial charge in [-0.2, -0.15) is 15.0 Å². The van der Waals surface area contributed by atoms with Crippen LogP contribution in [0.3, 0.4) is 0 Å². The van der Waals surface area contributed by atoms with Gasteiger partial charge in [0.25, 0.3) is 5.91 Å². The van der Waals surface area contributed by atoms with E-state index in [4.69, 9.17) is 10.2 Å². The summed E-state index contributed by atoms with van der Waals surface area (Å²) >= 11 is 0. The molecular formula is C19H20FN7O2. The lowest BCUT2D eigenvalue weighted by atomic mass is 10.3. The first-order valence-electron chi connectivity index (χ1n) is 9.15. The molecule has 3 N–H and O–H groups in total. The number of piperazine rings is 1. The Labute approximate surface area is 166 Å². The minimum absolute atomic E-state index is 0.103. The van der Waals surface area contributed by atoms with Crippen molar-refractivity contribution in [2.24, 2.45) is 0 Å². The van der Waals surface area contributed by atoms with E-state index < -0.39 is 0 Å². The molecular weight excluding hydrogens is 377 g/mol. The lowest BCUT2D eigenvalue weighted by Crippen LogP contribution is -2.48. The summed E-state index contributed by atoms with van der Waals surface area (Å²) < 4.78 is 18.2. The zero-order chi connectivity index (χ0) is 20.2. The van der Waals surface area contributed by atoms with E-state index in [9.17, 15) is 9.18 Å². The molecule has 1 fully saturated rings. The first-order chi connectivity index (χ1) is 14.1. The highest BCUT2D eigenvalue weighted by Gasteiger charge is 2.24. The van der Waals surface area contributed by atoms with Crippen molar-refractivity contribution in [3.8, 4) is 0 Å². The van der Waals surface area contributed by atoms with Crippen LogP contribution in [0, 0.1) is 5.82 Å². The molecule has 1 aromatic carbocycles. The fraction of sp³-hybridized carbons (Fsp3) is 0.263. The van der Waals surface area contributed by atoms with Crippen LogP contribution in [0.1, 0.15) is 16.4 Å². The van der Waals surface area contributed by atoms with Gasteiger partial charge in [-0.05, 0) is 36.4 Å². The highest BCUT2D eigenvalue weighted by atomic mass is 19.1. The number of rotatable bonds is 5. The van der Waals surface area contributed by atoms with Gasteiger partial charge in [0.15, 0.2) is 5.76 Å². The first-order valence-corrected chi connectivity index (χ1v) is 9.15. The fourth-order valence-electron chi connectivity index (χ4n) is 3.09. The normalized spacial score (nSPS) is 14.7. The Balaban J connectivity index is 1.36. The van der Waals surface area contributed by atoms with Gasteiger partial charge in [-0.25, -0.2) is 4.39 Å². The molecule has 10 heteroatoms. The number of amides is 1. The van der Waals surface area contributed by atoms with Gasteiger partial charge in [-0.3, -0.25) is 9.69 Å². The van der Waals surface area contributed by atoms with Crippen LogP contribution in [0.4, 0.5) is 22.0 Å². The quantitative estimate of drug-likeness (QED) is 0.671. The molecule has 3 aromatic rings. The van der Waals surface area contributed by atoms with E-state index in [1.807, 2.05) is 0 Å². The van der Waals surface area contributed by atoms with E-state index in [2.05, 4.69) is 25.2 Å². The van der Waals surface area contributed by atoms with Crippen LogP contribution in [0.25, 0.3) is 0 Å². The Morgan fingerprint density at radius 3 is 2.55 bits per heavy atom. The van der Waals surface area contributed by atoms with Gasteiger partial charge in [0, 0.05) is 31.9 Å². The molecule has 3 heterocycles. The van der Waals surface area contributed by atoms with Crippen molar-refractivity contribution >= 4 is 23.5 Å². The molecule has 1 amide bonds. The molecule has 0 unspecified atom stereocenters. The topological polar surface area (TPSA) is 113 Å². The Morgan fingerprint density at radius 2 is 1.86 bits per heavy atom. The number of hydrogen-bond donors (Lipinski definition) is 2. The molecule has 150 valence electrons. The molecule has 1 aliphatic heterocycles. The summed E-state index contributed by atoms with van der Waals surface area (Å²) in [6, 6.07) is 9.23. The highest BCUT2D eigenvalue weighted by molar-refractivity contribution is 5.91. The van der Waals surface area contributed by atoms with Crippen molar-refractivity contribution in [2.75, 3.05) is 37.2 Å². The molecule has 0 saturated carbocycles. The van der Waals surface area contributed by atoms with E-state index in [1.54, 1.807) is 29.2 Å². The Hall–Kier alpha value is -3.53. The molecule has 0 atom stereocenters. The number of nitrogens with zero attached hydrogens (tertiary/aromatic N) is 5. The third kappa shape index (κ3) is 4.66. The Kier molecular flexibility index (Phi) is 5.34. The number of hydrogen-bond acceptors (Lipinski definition) is 8. The Morgan fingerprint density at radius 1 is 1.10 bits per heavy atom. The van der Waals surface area contributed by atoms with Gasteiger partial charge in [0.1, 0.15) is 11.6 Å². The van der Waals surface area contributed by atoms with Crippen LogP contribution < -0.4 is 11.1 Å². The zero-order valence-electron chi connectivity index (χ0n) is 15.6. The molecule has 1 saturated heterocycles. The number of carbonyl (C=O) groups is 1. The van der Waals surface area contributed by atoms with Crippen LogP contribution in [-0.4, -0.2) is 56.8 Å². The van der Waals surface area contributed by atoms with Crippen LogP contribution >= 0.6 is 0 Å². The highest BCUT2D eigenvalue weighted by Crippen LogP contribution is 2.15. The molecule has 0 bridgehead atoms. The summed E-state index contributed by atoms with van der Waals surface area (Å²) in [5.74, 6) is 0.839.